The number of thioether (sulfide) groups is 1. The Morgan fingerprint density at radius 2 is 1.92 bits per heavy atom. The predicted molar refractivity (Wildman–Crippen MR) is 95.6 cm³/mol. The average molecular weight is 372 g/mol. The van der Waals surface area contributed by atoms with Gasteiger partial charge in [0.05, 0.1) is 17.7 Å². The molecule has 1 aliphatic rings. The predicted octanol–water partition coefficient (Wildman–Crippen LogP) is 3.38. The molecular formula is C18H17FN4O2S. The summed E-state index contributed by atoms with van der Waals surface area (Å²) in [6.07, 6.45) is 3.68. The molecule has 8 heteroatoms. The van der Waals surface area contributed by atoms with Crippen molar-refractivity contribution in [1.29, 1.82) is 0 Å². The van der Waals surface area contributed by atoms with Gasteiger partial charge in [0.2, 0.25) is 11.7 Å². The molecule has 3 aromatic rings. The van der Waals surface area contributed by atoms with Gasteiger partial charge in [-0.2, -0.15) is 0 Å². The molecule has 1 aliphatic heterocycles. The SMILES string of the molecule is O=C(CSc1nnc(-c2ccco2)n1-c1ccc(F)cc1)N1CCCC1. The number of benzene rings is 1. The maximum absolute atomic E-state index is 13.3. The lowest BCUT2D eigenvalue weighted by molar-refractivity contribution is -0.127. The molecule has 0 bridgehead atoms. The van der Waals surface area contributed by atoms with E-state index in [0.717, 1.165) is 25.9 Å². The Morgan fingerprint density at radius 3 is 2.62 bits per heavy atom. The Bertz CT molecular complexity index is 887. The number of halogens is 1. The zero-order valence-corrected chi connectivity index (χ0v) is 14.8. The molecule has 6 nitrogen and oxygen atoms in total. The summed E-state index contributed by atoms with van der Waals surface area (Å²) in [5.74, 6) is 1.13. The molecule has 1 aromatic carbocycles. The third-order valence-corrected chi connectivity index (χ3v) is 5.16. The highest BCUT2D eigenvalue weighted by atomic mass is 32.2. The summed E-state index contributed by atoms with van der Waals surface area (Å²) in [5.41, 5.74) is 0.707. The number of carbonyl (C=O) groups excluding carboxylic acids is 1. The Kier molecular flexibility index (Phi) is 4.75. The van der Waals surface area contributed by atoms with Gasteiger partial charge in [-0.25, -0.2) is 4.39 Å². The van der Waals surface area contributed by atoms with Gasteiger partial charge in [-0.3, -0.25) is 9.36 Å². The van der Waals surface area contributed by atoms with E-state index in [1.165, 1.54) is 23.9 Å². The summed E-state index contributed by atoms with van der Waals surface area (Å²) in [7, 11) is 0. The first-order chi connectivity index (χ1) is 12.7. The highest BCUT2D eigenvalue weighted by molar-refractivity contribution is 7.99. The normalized spacial score (nSPS) is 14.1. The molecule has 1 amide bonds. The minimum atomic E-state index is -0.320. The van der Waals surface area contributed by atoms with Crippen LogP contribution in [0.3, 0.4) is 0 Å². The van der Waals surface area contributed by atoms with Gasteiger partial charge in [-0.05, 0) is 49.2 Å². The lowest BCUT2D eigenvalue weighted by Gasteiger charge is -2.15. The number of likely N-dealkylation sites (tertiary alicyclic amines) is 1. The second kappa shape index (κ2) is 7.33. The minimum absolute atomic E-state index is 0.0979. The van der Waals surface area contributed by atoms with E-state index in [1.807, 2.05) is 4.90 Å². The van der Waals surface area contributed by atoms with Gasteiger partial charge in [0, 0.05) is 13.1 Å². The van der Waals surface area contributed by atoms with E-state index in [-0.39, 0.29) is 17.5 Å². The molecule has 0 radical (unpaired) electrons. The largest absolute Gasteiger partial charge is 0.461 e. The first-order valence-electron chi connectivity index (χ1n) is 8.38. The van der Waals surface area contributed by atoms with E-state index in [2.05, 4.69) is 10.2 Å². The van der Waals surface area contributed by atoms with Crippen molar-refractivity contribution in [1.82, 2.24) is 19.7 Å². The molecule has 0 saturated carbocycles. The van der Waals surface area contributed by atoms with Crippen LogP contribution in [0.2, 0.25) is 0 Å². The van der Waals surface area contributed by atoms with E-state index >= 15 is 0 Å². The number of hydrogen-bond acceptors (Lipinski definition) is 5. The van der Waals surface area contributed by atoms with Gasteiger partial charge in [0.25, 0.3) is 0 Å². The van der Waals surface area contributed by atoms with Gasteiger partial charge in [0.1, 0.15) is 5.82 Å². The first-order valence-corrected chi connectivity index (χ1v) is 9.37. The molecule has 1 fully saturated rings. The standard InChI is InChI=1S/C18H17FN4O2S/c19-13-5-7-14(8-6-13)23-17(15-4-3-11-25-15)20-21-18(23)26-12-16(24)22-9-1-2-10-22/h3-8,11H,1-2,9-10,12H2. The summed E-state index contributed by atoms with van der Waals surface area (Å²) in [6, 6.07) is 9.61. The number of hydrogen-bond donors (Lipinski definition) is 0. The molecule has 134 valence electrons. The lowest BCUT2D eigenvalue weighted by Crippen LogP contribution is -2.29. The molecule has 3 heterocycles. The highest BCUT2D eigenvalue weighted by Gasteiger charge is 2.22. The van der Waals surface area contributed by atoms with Crippen molar-refractivity contribution >= 4 is 17.7 Å². The Morgan fingerprint density at radius 1 is 1.15 bits per heavy atom. The van der Waals surface area contributed by atoms with Crippen LogP contribution in [0.5, 0.6) is 0 Å². The summed E-state index contributed by atoms with van der Waals surface area (Å²) >= 11 is 1.32. The summed E-state index contributed by atoms with van der Waals surface area (Å²) < 4.78 is 20.5. The maximum Gasteiger partial charge on any atom is 0.233 e. The number of carbonyl (C=O) groups is 1. The van der Waals surface area contributed by atoms with Crippen LogP contribution in [-0.4, -0.2) is 44.4 Å². The van der Waals surface area contributed by atoms with Gasteiger partial charge >= 0.3 is 0 Å². The van der Waals surface area contributed by atoms with E-state index in [0.29, 0.717) is 22.4 Å². The van der Waals surface area contributed by atoms with Crippen LogP contribution in [0.25, 0.3) is 17.3 Å². The number of aromatic nitrogens is 3. The number of rotatable bonds is 5. The molecule has 0 atom stereocenters. The Balaban J connectivity index is 1.63. The van der Waals surface area contributed by atoms with Crippen molar-refractivity contribution in [3.63, 3.8) is 0 Å². The van der Waals surface area contributed by atoms with Crippen LogP contribution in [0.15, 0.2) is 52.2 Å². The van der Waals surface area contributed by atoms with Crippen molar-refractivity contribution in [2.45, 2.75) is 18.0 Å². The first kappa shape index (κ1) is 16.8. The molecule has 0 N–H and O–H groups in total. The van der Waals surface area contributed by atoms with E-state index in [4.69, 9.17) is 4.42 Å². The topological polar surface area (TPSA) is 64.2 Å². The van der Waals surface area contributed by atoms with Gasteiger partial charge < -0.3 is 9.32 Å². The number of nitrogens with zero attached hydrogens (tertiary/aromatic N) is 4. The van der Waals surface area contributed by atoms with Crippen LogP contribution < -0.4 is 0 Å². The highest BCUT2D eigenvalue weighted by Crippen LogP contribution is 2.28. The second-order valence-corrected chi connectivity index (χ2v) is 6.91. The van der Waals surface area contributed by atoms with Crippen molar-refractivity contribution in [3.05, 3.63) is 48.5 Å². The van der Waals surface area contributed by atoms with Crippen LogP contribution in [-0.2, 0) is 4.79 Å². The number of amides is 1. The van der Waals surface area contributed by atoms with Crippen LogP contribution >= 0.6 is 11.8 Å². The molecule has 0 unspecified atom stereocenters. The summed E-state index contributed by atoms with van der Waals surface area (Å²) in [6.45, 7) is 1.64. The smallest absolute Gasteiger partial charge is 0.233 e. The lowest BCUT2D eigenvalue weighted by atomic mass is 10.3. The van der Waals surface area contributed by atoms with Crippen LogP contribution in [0, 0.1) is 5.82 Å². The fraction of sp³-hybridized carbons (Fsp3) is 0.278. The Labute approximate surface area is 154 Å². The van der Waals surface area contributed by atoms with Crippen molar-refractivity contribution in [3.8, 4) is 17.3 Å². The monoisotopic (exact) mass is 372 g/mol. The molecule has 2 aromatic heterocycles. The van der Waals surface area contributed by atoms with Crippen molar-refractivity contribution < 1.29 is 13.6 Å². The average Bonchev–Trinajstić information content (AvgIpc) is 3.41. The molecule has 4 rings (SSSR count). The Hall–Kier alpha value is -2.61. The fourth-order valence-corrected chi connectivity index (χ4v) is 3.79. The summed E-state index contributed by atoms with van der Waals surface area (Å²) in [4.78, 5) is 14.2. The molecule has 0 spiro atoms. The van der Waals surface area contributed by atoms with E-state index in [1.54, 1.807) is 35.1 Å². The number of furan rings is 1. The maximum atomic E-state index is 13.3. The molecular weight excluding hydrogens is 355 g/mol. The van der Waals surface area contributed by atoms with Gasteiger partial charge in [-0.1, -0.05) is 11.8 Å². The van der Waals surface area contributed by atoms with Gasteiger partial charge in [-0.15, -0.1) is 10.2 Å². The van der Waals surface area contributed by atoms with Gasteiger partial charge in [0.15, 0.2) is 10.9 Å². The minimum Gasteiger partial charge on any atom is -0.461 e. The second-order valence-electron chi connectivity index (χ2n) is 5.97. The third-order valence-electron chi connectivity index (χ3n) is 4.24. The zero-order chi connectivity index (χ0) is 17.9. The van der Waals surface area contributed by atoms with Crippen LogP contribution in [0.1, 0.15) is 12.8 Å². The molecule has 0 aliphatic carbocycles. The fourth-order valence-electron chi connectivity index (χ4n) is 2.94. The van der Waals surface area contributed by atoms with E-state index < -0.39 is 0 Å². The molecule has 1 saturated heterocycles. The zero-order valence-electron chi connectivity index (χ0n) is 14.0. The van der Waals surface area contributed by atoms with Crippen molar-refractivity contribution in [2.24, 2.45) is 0 Å². The summed E-state index contributed by atoms with van der Waals surface area (Å²) in [5, 5.41) is 9.00. The van der Waals surface area contributed by atoms with Crippen LogP contribution in [0.4, 0.5) is 4.39 Å². The van der Waals surface area contributed by atoms with E-state index in [9.17, 15) is 9.18 Å². The molecule has 26 heavy (non-hydrogen) atoms. The van der Waals surface area contributed by atoms with Crippen molar-refractivity contribution in [2.75, 3.05) is 18.8 Å². The quantitative estimate of drug-likeness (QED) is 0.643. The third kappa shape index (κ3) is 3.37.